The van der Waals surface area contributed by atoms with Gasteiger partial charge in [0.15, 0.2) is 0 Å². The summed E-state index contributed by atoms with van der Waals surface area (Å²) in [5.74, 6) is -3.04. The SMILES string of the molecule is O=C([O-])c1ccccc1C(=O)[O-].O=P([O-])(O)O.O=P([O-])(O)O.[Na+].[Na+].[Na+].[Na+]. The van der Waals surface area contributed by atoms with Crippen LogP contribution < -0.4 is 138 Å². The third kappa shape index (κ3) is 37.2. The Bertz CT molecular complexity index is 545. The van der Waals surface area contributed by atoms with Crippen molar-refractivity contribution in [2.45, 2.75) is 0 Å². The summed E-state index contributed by atoms with van der Waals surface area (Å²) in [7, 11) is -9.78. The molecule has 126 valence electrons. The van der Waals surface area contributed by atoms with Gasteiger partial charge >= 0.3 is 118 Å². The average Bonchev–Trinajstić information content (AvgIpc) is 2.24. The number of benzene rings is 1. The molecular weight excluding hydrogens is 442 g/mol. The maximum absolute atomic E-state index is 10.3. The Hall–Kier alpha value is 2.38. The fourth-order valence-electron chi connectivity index (χ4n) is 0.839. The number of aromatic carboxylic acids is 2. The Morgan fingerprint density at radius 2 is 0.846 bits per heavy atom. The standard InChI is InChI=1S/C8H6O4.4Na.2H3O4P/c9-7(10)5-3-1-2-4-6(5)8(11)12;;;;;2*1-5(2,3)4/h1-4H,(H,9,10)(H,11,12);;;;;2*(H3,1,2,3,4)/q;4*+1;;/p-4. The summed E-state index contributed by atoms with van der Waals surface area (Å²) in [6.07, 6.45) is 0. The Morgan fingerprint density at radius 1 is 0.692 bits per heavy atom. The summed E-state index contributed by atoms with van der Waals surface area (Å²) < 4.78 is 17.5. The van der Waals surface area contributed by atoms with Crippen LogP contribution in [-0.4, -0.2) is 31.5 Å². The number of hydrogen-bond donors (Lipinski definition) is 4. The number of carbonyl (C=O) groups excluding carboxylic acids is 2. The number of carboxylic acid groups (broad SMARTS) is 2. The molecule has 0 heterocycles. The molecule has 1 rings (SSSR count). The van der Waals surface area contributed by atoms with Crippen LogP contribution in [0.25, 0.3) is 0 Å². The van der Waals surface area contributed by atoms with Crippen LogP contribution in [0.15, 0.2) is 24.3 Å². The molecule has 0 aliphatic carbocycles. The summed E-state index contributed by atoms with van der Waals surface area (Å²) in [6.45, 7) is 0. The Labute approximate surface area is 236 Å². The van der Waals surface area contributed by atoms with E-state index >= 15 is 0 Å². The minimum atomic E-state index is -4.89. The van der Waals surface area contributed by atoms with E-state index in [1.165, 1.54) is 12.1 Å². The van der Waals surface area contributed by atoms with E-state index in [1.807, 2.05) is 0 Å². The smallest absolute Gasteiger partial charge is 0.756 e. The minimum absolute atomic E-state index is 0. The molecule has 0 amide bonds. The van der Waals surface area contributed by atoms with E-state index in [0.717, 1.165) is 12.1 Å². The van der Waals surface area contributed by atoms with Crippen LogP contribution in [0, 0.1) is 0 Å². The maximum Gasteiger partial charge on any atom is 1.00 e. The van der Waals surface area contributed by atoms with Crippen LogP contribution in [0.2, 0.25) is 0 Å². The molecule has 12 nitrogen and oxygen atoms in total. The van der Waals surface area contributed by atoms with Gasteiger partial charge in [-0.3, -0.25) is 9.13 Å². The van der Waals surface area contributed by atoms with Gasteiger partial charge in [-0.05, 0) is 0 Å². The van der Waals surface area contributed by atoms with Crippen molar-refractivity contribution < 1.29 is 177 Å². The van der Waals surface area contributed by atoms with Gasteiger partial charge in [0.2, 0.25) is 0 Å². The second kappa shape index (κ2) is 20.6. The van der Waals surface area contributed by atoms with E-state index in [2.05, 4.69) is 0 Å². The monoisotopic (exact) mass is 450 g/mol. The zero-order chi connectivity index (χ0) is 18.1. The van der Waals surface area contributed by atoms with Gasteiger partial charge in [0.1, 0.15) is 0 Å². The van der Waals surface area contributed by atoms with Crippen LogP contribution in [0.1, 0.15) is 20.7 Å². The van der Waals surface area contributed by atoms with Gasteiger partial charge < -0.3 is 49.2 Å². The summed E-state index contributed by atoms with van der Waals surface area (Å²) in [6, 6.07) is 5.14. The fourth-order valence-corrected chi connectivity index (χ4v) is 0.839. The van der Waals surface area contributed by atoms with Crippen molar-refractivity contribution in [1.82, 2.24) is 0 Å². The maximum atomic E-state index is 10.3. The molecule has 0 aromatic heterocycles. The molecule has 0 saturated carbocycles. The first-order valence-electron chi connectivity index (χ1n) is 4.67. The van der Waals surface area contributed by atoms with E-state index in [9.17, 15) is 19.8 Å². The molecule has 0 saturated heterocycles. The molecule has 0 bridgehead atoms. The largest absolute Gasteiger partial charge is 1.00 e. The van der Waals surface area contributed by atoms with Gasteiger partial charge in [-0.2, -0.15) is 0 Å². The van der Waals surface area contributed by atoms with Gasteiger partial charge in [-0.25, -0.2) is 0 Å². The molecule has 18 heteroatoms. The topological polar surface area (TPSA) is 241 Å². The molecule has 0 aliphatic rings. The molecular formula is C8H8Na4O12P2. The summed E-state index contributed by atoms with van der Waals surface area (Å²) in [5, 5.41) is 20.6. The molecule has 0 fully saturated rings. The zero-order valence-electron chi connectivity index (χ0n) is 14.3. The van der Waals surface area contributed by atoms with Crippen molar-refractivity contribution in [3.05, 3.63) is 35.4 Å². The molecule has 0 radical (unpaired) electrons. The first kappa shape index (κ1) is 42.5. The molecule has 1 aromatic rings. The Kier molecular flexibility index (Phi) is 33.7. The first-order valence-corrected chi connectivity index (χ1v) is 7.73. The number of phosphoric acid groups is 2. The molecule has 1 aromatic carbocycles. The third-order valence-corrected chi connectivity index (χ3v) is 1.37. The van der Waals surface area contributed by atoms with Gasteiger partial charge in [0, 0.05) is 11.1 Å². The van der Waals surface area contributed by atoms with Crippen molar-refractivity contribution in [2.75, 3.05) is 0 Å². The zero-order valence-corrected chi connectivity index (χ0v) is 24.0. The van der Waals surface area contributed by atoms with Gasteiger partial charge in [0.25, 0.3) is 15.6 Å². The van der Waals surface area contributed by atoms with Crippen LogP contribution in [0.3, 0.4) is 0 Å². The van der Waals surface area contributed by atoms with Crippen molar-refractivity contribution in [2.24, 2.45) is 0 Å². The molecule has 0 atom stereocenters. The van der Waals surface area contributed by atoms with Crippen LogP contribution in [0.4, 0.5) is 0 Å². The first-order chi connectivity index (χ1) is 9.63. The van der Waals surface area contributed by atoms with Crippen LogP contribution >= 0.6 is 15.6 Å². The predicted molar refractivity (Wildman–Crippen MR) is 59.2 cm³/mol. The van der Waals surface area contributed by atoms with Gasteiger partial charge in [-0.15, -0.1) is 0 Å². The van der Waals surface area contributed by atoms with Gasteiger partial charge in [0.05, 0.1) is 11.9 Å². The minimum Gasteiger partial charge on any atom is -0.756 e. The number of carbonyl (C=O) groups is 2. The Balaban J connectivity index is -0.0000000619. The molecule has 0 spiro atoms. The van der Waals surface area contributed by atoms with Crippen LogP contribution in [0.5, 0.6) is 0 Å². The fraction of sp³-hybridized carbons (Fsp3) is 0. The second-order valence-corrected chi connectivity index (χ2v) is 5.06. The number of rotatable bonds is 2. The van der Waals surface area contributed by atoms with E-state index in [1.54, 1.807) is 0 Å². The molecule has 0 aliphatic heterocycles. The number of carboxylic acids is 2. The van der Waals surface area contributed by atoms with Crippen LogP contribution in [-0.2, 0) is 9.13 Å². The van der Waals surface area contributed by atoms with E-state index in [0.29, 0.717) is 0 Å². The van der Waals surface area contributed by atoms with E-state index in [-0.39, 0.29) is 129 Å². The molecule has 26 heavy (non-hydrogen) atoms. The van der Waals surface area contributed by atoms with Crippen molar-refractivity contribution in [1.29, 1.82) is 0 Å². The number of hydrogen-bond acceptors (Lipinski definition) is 8. The van der Waals surface area contributed by atoms with Crippen molar-refractivity contribution >= 4 is 27.6 Å². The average molecular weight is 450 g/mol. The normalized spacial score (nSPS) is 8.85. The summed E-state index contributed by atoms with van der Waals surface area (Å²) in [5.41, 5.74) is -0.727. The van der Waals surface area contributed by atoms with Crippen molar-refractivity contribution in [3.8, 4) is 0 Å². The molecule has 0 unspecified atom stereocenters. The quantitative estimate of drug-likeness (QED) is 0.243. The van der Waals surface area contributed by atoms with Gasteiger partial charge in [-0.1, -0.05) is 24.3 Å². The second-order valence-electron chi connectivity index (χ2n) is 3.10. The van der Waals surface area contributed by atoms with Crippen molar-refractivity contribution in [3.63, 3.8) is 0 Å². The molecule has 4 N–H and O–H groups in total. The Morgan fingerprint density at radius 3 is 0.962 bits per heavy atom. The predicted octanol–water partition coefficient (Wildman–Crippen LogP) is -16.7. The third-order valence-electron chi connectivity index (χ3n) is 1.37. The summed E-state index contributed by atoms with van der Waals surface area (Å²) >= 11 is 0. The summed E-state index contributed by atoms with van der Waals surface area (Å²) in [4.78, 5) is 66.5. The van der Waals surface area contributed by atoms with E-state index in [4.69, 9.17) is 38.5 Å². The van der Waals surface area contributed by atoms with E-state index < -0.39 is 27.6 Å².